The van der Waals surface area contributed by atoms with Crippen molar-refractivity contribution in [3.05, 3.63) is 24.3 Å². The van der Waals surface area contributed by atoms with E-state index >= 15 is 0 Å². The first kappa shape index (κ1) is 14.8. The average Bonchev–Trinajstić information content (AvgIpc) is 2.81. The highest BCUT2D eigenvalue weighted by Gasteiger charge is 2.34. The van der Waals surface area contributed by atoms with Crippen LogP contribution in [0.1, 0.15) is 26.2 Å². The van der Waals surface area contributed by atoms with Crippen LogP contribution in [-0.4, -0.2) is 28.0 Å². The number of nitrogens with one attached hydrogen (secondary N) is 3. The van der Waals surface area contributed by atoms with Crippen molar-refractivity contribution in [3.8, 4) is 0 Å². The molecule has 1 aromatic carbocycles. The van der Waals surface area contributed by atoms with Crippen molar-refractivity contribution >= 4 is 35.3 Å². The summed E-state index contributed by atoms with van der Waals surface area (Å²) in [6, 6.07) is 7.73. The molecule has 3 N–H and O–H groups in total. The molecule has 1 amide bonds. The van der Waals surface area contributed by atoms with Crippen LogP contribution in [0.15, 0.2) is 24.3 Å². The van der Waals surface area contributed by atoms with E-state index in [1.165, 1.54) is 0 Å². The molecule has 1 aliphatic rings. The van der Waals surface area contributed by atoms with E-state index in [-0.39, 0.29) is 18.3 Å². The average molecular weight is 295 g/mol. The molecule has 0 aliphatic carbocycles. The maximum atomic E-state index is 12.3. The van der Waals surface area contributed by atoms with Crippen LogP contribution in [0.3, 0.4) is 0 Å². The van der Waals surface area contributed by atoms with Gasteiger partial charge in [0.05, 0.1) is 16.6 Å². The minimum atomic E-state index is -0.489. The molecule has 0 radical (unpaired) electrons. The van der Waals surface area contributed by atoms with Crippen LogP contribution in [0, 0.1) is 0 Å². The lowest BCUT2D eigenvalue weighted by Gasteiger charge is -2.33. The van der Waals surface area contributed by atoms with E-state index in [1.807, 2.05) is 31.2 Å². The number of halogens is 1. The Morgan fingerprint density at radius 2 is 2.15 bits per heavy atom. The summed E-state index contributed by atoms with van der Waals surface area (Å²) >= 11 is 0. The highest BCUT2D eigenvalue weighted by Crippen LogP contribution is 2.21. The summed E-state index contributed by atoms with van der Waals surface area (Å²) in [4.78, 5) is 19.8. The molecule has 1 aliphatic heterocycles. The van der Waals surface area contributed by atoms with Crippen LogP contribution < -0.4 is 10.6 Å². The molecule has 0 bridgehead atoms. The lowest BCUT2D eigenvalue weighted by molar-refractivity contribution is -0.122. The molecule has 1 unspecified atom stereocenters. The van der Waals surface area contributed by atoms with Gasteiger partial charge in [-0.05, 0) is 44.9 Å². The van der Waals surface area contributed by atoms with Crippen molar-refractivity contribution in [2.75, 3.05) is 11.9 Å². The molecular formula is C14H19ClN4O. The minimum Gasteiger partial charge on any atom is -0.324 e. The Labute approximate surface area is 124 Å². The number of para-hydroxylation sites is 2. The van der Waals surface area contributed by atoms with E-state index in [4.69, 9.17) is 0 Å². The minimum absolute atomic E-state index is 0. The second-order valence-corrected chi connectivity index (χ2v) is 5.27. The summed E-state index contributed by atoms with van der Waals surface area (Å²) in [5.74, 6) is 0.492. The zero-order chi connectivity index (χ0) is 13.3. The second-order valence-electron chi connectivity index (χ2n) is 5.27. The van der Waals surface area contributed by atoms with Gasteiger partial charge < -0.3 is 10.3 Å². The Morgan fingerprint density at radius 3 is 2.85 bits per heavy atom. The third-order valence-corrected chi connectivity index (χ3v) is 3.74. The number of nitrogens with zero attached hydrogens (tertiary/aromatic N) is 1. The lowest BCUT2D eigenvalue weighted by atomic mass is 9.90. The molecule has 1 aromatic heterocycles. The topological polar surface area (TPSA) is 69.8 Å². The fraction of sp³-hybridized carbons (Fsp3) is 0.429. The molecular weight excluding hydrogens is 276 g/mol. The third kappa shape index (κ3) is 2.78. The Hall–Kier alpha value is -1.59. The summed E-state index contributed by atoms with van der Waals surface area (Å²) in [7, 11) is 0. The normalized spacial score (nSPS) is 22.2. The van der Waals surface area contributed by atoms with Crippen LogP contribution in [-0.2, 0) is 4.79 Å². The summed E-state index contributed by atoms with van der Waals surface area (Å²) < 4.78 is 0. The number of piperidine rings is 1. The van der Waals surface area contributed by atoms with Gasteiger partial charge in [-0.3, -0.25) is 10.1 Å². The first-order valence-electron chi connectivity index (χ1n) is 6.69. The molecule has 0 spiro atoms. The largest absolute Gasteiger partial charge is 0.324 e. The van der Waals surface area contributed by atoms with Crippen molar-refractivity contribution in [2.45, 2.75) is 31.7 Å². The van der Waals surface area contributed by atoms with Crippen molar-refractivity contribution < 1.29 is 4.79 Å². The fourth-order valence-electron chi connectivity index (χ4n) is 2.51. The molecule has 5 nitrogen and oxygen atoms in total. The van der Waals surface area contributed by atoms with Crippen molar-refractivity contribution in [2.24, 2.45) is 0 Å². The van der Waals surface area contributed by atoms with Gasteiger partial charge in [0, 0.05) is 0 Å². The Morgan fingerprint density at radius 1 is 1.35 bits per heavy atom. The number of H-pyrrole nitrogens is 1. The number of amides is 1. The third-order valence-electron chi connectivity index (χ3n) is 3.74. The van der Waals surface area contributed by atoms with E-state index in [9.17, 15) is 4.79 Å². The number of benzene rings is 1. The second kappa shape index (κ2) is 5.81. The monoisotopic (exact) mass is 294 g/mol. The lowest BCUT2D eigenvalue weighted by Crippen LogP contribution is -2.54. The summed E-state index contributed by atoms with van der Waals surface area (Å²) in [6.07, 6.45) is 3.07. The van der Waals surface area contributed by atoms with Gasteiger partial charge in [0.2, 0.25) is 11.9 Å². The van der Waals surface area contributed by atoms with Gasteiger partial charge in [0.15, 0.2) is 0 Å². The molecule has 3 rings (SSSR count). The highest BCUT2D eigenvalue weighted by molar-refractivity contribution is 5.97. The van der Waals surface area contributed by atoms with Gasteiger partial charge in [-0.25, -0.2) is 4.98 Å². The van der Waals surface area contributed by atoms with Gasteiger partial charge in [-0.15, -0.1) is 12.4 Å². The summed E-state index contributed by atoms with van der Waals surface area (Å²) in [5, 5.41) is 6.17. The zero-order valence-corrected chi connectivity index (χ0v) is 12.2. The molecule has 1 atom stereocenters. The number of fused-ring (bicyclic) bond motifs is 1. The smallest absolute Gasteiger partial charge is 0.246 e. The molecule has 0 saturated carbocycles. The van der Waals surface area contributed by atoms with E-state index in [1.54, 1.807) is 0 Å². The van der Waals surface area contributed by atoms with Gasteiger partial charge in [-0.2, -0.15) is 0 Å². The van der Waals surface area contributed by atoms with E-state index < -0.39 is 5.54 Å². The van der Waals surface area contributed by atoms with Crippen LogP contribution in [0.25, 0.3) is 11.0 Å². The van der Waals surface area contributed by atoms with Gasteiger partial charge in [-0.1, -0.05) is 12.1 Å². The standard InChI is InChI=1S/C14H18N4O.ClH/c1-14(8-4-5-9-15-14)12(19)18-13-16-10-6-2-3-7-11(10)17-13;/h2-3,6-7,15H,4-5,8-9H2,1H3,(H2,16,17,18,19);1H. The Bertz CT molecular complexity index is 571. The van der Waals surface area contributed by atoms with E-state index in [0.29, 0.717) is 5.95 Å². The van der Waals surface area contributed by atoms with E-state index in [0.717, 1.165) is 36.8 Å². The number of rotatable bonds is 2. The quantitative estimate of drug-likeness (QED) is 0.797. The molecule has 108 valence electrons. The summed E-state index contributed by atoms with van der Waals surface area (Å²) in [6.45, 7) is 2.84. The number of imidazole rings is 1. The van der Waals surface area contributed by atoms with Crippen molar-refractivity contribution in [1.82, 2.24) is 15.3 Å². The predicted molar refractivity (Wildman–Crippen MR) is 82.2 cm³/mol. The predicted octanol–water partition coefficient (Wildman–Crippen LogP) is 2.46. The number of hydrogen-bond acceptors (Lipinski definition) is 3. The highest BCUT2D eigenvalue weighted by atomic mass is 35.5. The van der Waals surface area contributed by atoms with Crippen LogP contribution in [0.5, 0.6) is 0 Å². The van der Waals surface area contributed by atoms with Crippen LogP contribution in [0.2, 0.25) is 0 Å². The van der Waals surface area contributed by atoms with Crippen LogP contribution >= 0.6 is 12.4 Å². The maximum Gasteiger partial charge on any atom is 0.246 e. The van der Waals surface area contributed by atoms with Crippen molar-refractivity contribution in [3.63, 3.8) is 0 Å². The number of aromatic amines is 1. The Kier molecular flexibility index (Phi) is 4.30. The molecule has 20 heavy (non-hydrogen) atoms. The maximum absolute atomic E-state index is 12.3. The first-order chi connectivity index (χ1) is 9.17. The molecule has 2 aromatic rings. The van der Waals surface area contributed by atoms with Crippen molar-refractivity contribution in [1.29, 1.82) is 0 Å². The van der Waals surface area contributed by atoms with Crippen LogP contribution in [0.4, 0.5) is 5.95 Å². The molecule has 1 saturated heterocycles. The molecule has 6 heteroatoms. The molecule has 2 heterocycles. The number of carbonyl (C=O) groups is 1. The zero-order valence-electron chi connectivity index (χ0n) is 11.4. The SMILES string of the molecule is CC1(C(=O)Nc2nc3ccccc3[nH]2)CCCCN1.Cl. The fourth-order valence-corrected chi connectivity index (χ4v) is 2.51. The number of carbonyl (C=O) groups excluding carboxylic acids is 1. The van der Waals surface area contributed by atoms with E-state index in [2.05, 4.69) is 20.6 Å². The number of aromatic nitrogens is 2. The number of hydrogen-bond donors (Lipinski definition) is 3. The number of anilines is 1. The van der Waals surface area contributed by atoms with Gasteiger partial charge in [0.1, 0.15) is 0 Å². The Balaban J connectivity index is 0.00000147. The first-order valence-corrected chi connectivity index (χ1v) is 6.69. The van der Waals surface area contributed by atoms with Gasteiger partial charge >= 0.3 is 0 Å². The molecule has 1 fully saturated rings. The summed E-state index contributed by atoms with van der Waals surface area (Å²) in [5.41, 5.74) is 1.30. The van der Waals surface area contributed by atoms with Gasteiger partial charge in [0.25, 0.3) is 0 Å².